The van der Waals surface area contributed by atoms with Crippen LogP contribution in [0.5, 0.6) is 5.75 Å². The van der Waals surface area contributed by atoms with Crippen molar-refractivity contribution in [3.63, 3.8) is 0 Å². The zero-order chi connectivity index (χ0) is 19.8. The van der Waals surface area contributed by atoms with E-state index in [0.717, 1.165) is 50.2 Å². The molecule has 0 unspecified atom stereocenters. The van der Waals surface area contributed by atoms with Crippen LogP contribution in [0.4, 0.5) is 0 Å². The van der Waals surface area contributed by atoms with Gasteiger partial charge in [0.2, 0.25) is 5.91 Å². The Hall–Kier alpha value is -2.88. The Morgan fingerprint density at radius 1 is 0.966 bits per heavy atom. The van der Waals surface area contributed by atoms with E-state index in [1.807, 2.05) is 18.0 Å². The summed E-state index contributed by atoms with van der Waals surface area (Å²) in [5.74, 6) is 1.58. The number of hydrogen-bond donors (Lipinski definition) is 0. The molecular weight excluding hydrogens is 360 g/mol. The zero-order valence-electron chi connectivity index (χ0n) is 16.8. The minimum absolute atomic E-state index is 0.195. The molecule has 29 heavy (non-hydrogen) atoms. The van der Waals surface area contributed by atoms with E-state index in [1.54, 1.807) is 0 Å². The van der Waals surface area contributed by atoms with Gasteiger partial charge < -0.3 is 9.64 Å². The summed E-state index contributed by atoms with van der Waals surface area (Å²) in [6, 6.07) is 16.9. The van der Waals surface area contributed by atoms with Crippen molar-refractivity contribution < 1.29 is 9.53 Å². The summed E-state index contributed by atoms with van der Waals surface area (Å²) in [4.78, 5) is 18.6. The SMILES string of the molecule is Cc1nccc2cc(-c3ccc(OC4CCN(C(=O)C5CC5)CC4)cc3)ccc12. The number of rotatable bonds is 4. The van der Waals surface area contributed by atoms with Gasteiger partial charge in [-0.1, -0.05) is 24.3 Å². The lowest BCUT2D eigenvalue weighted by Gasteiger charge is -2.32. The maximum atomic E-state index is 12.2. The molecule has 1 saturated heterocycles. The summed E-state index contributed by atoms with van der Waals surface area (Å²) in [6.07, 6.45) is 6.04. The van der Waals surface area contributed by atoms with Crippen LogP contribution in [-0.4, -0.2) is 35.0 Å². The highest BCUT2D eigenvalue weighted by Gasteiger charge is 2.35. The number of carbonyl (C=O) groups excluding carboxylic acids is 1. The summed E-state index contributed by atoms with van der Waals surface area (Å²) in [5.41, 5.74) is 3.43. The van der Waals surface area contributed by atoms with Gasteiger partial charge in [0.15, 0.2) is 0 Å². The molecule has 1 saturated carbocycles. The third-order valence-electron chi connectivity index (χ3n) is 6.13. The van der Waals surface area contributed by atoms with Crippen LogP contribution >= 0.6 is 0 Å². The number of aromatic nitrogens is 1. The first kappa shape index (κ1) is 18.2. The monoisotopic (exact) mass is 386 g/mol. The van der Waals surface area contributed by atoms with Crippen LogP contribution in [-0.2, 0) is 4.79 Å². The number of benzene rings is 2. The molecule has 3 aromatic rings. The minimum Gasteiger partial charge on any atom is -0.490 e. The van der Waals surface area contributed by atoms with Gasteiger partial charge in [0, 0.05) is 49.1 Å². The number of likely N-dealkylation sites (tertiary alicyclic amines) is 1. The Kier molecular flexibility index (Phi) is 4.70. The van der Waals surface area contributed by atoms with Gasteiger partial charge in [-0.15, -0.1) is 0 Å². The molecule has 5 rings (SSSR count). The zero-order valence-corrected chi connectivity index (χ0v) is 16.8. The van der Waals surface area contributed by atoms with E-state index < -0.39 is 0 Å². The Labute approximate surface area is 171 Å². The number of aryl methyl sites for hydroxylation is 1. The molecule has 0 bridgehead atoms. The lowest BCUT2D eigenvalue weighted by molar-refractivity contribution is -0.134. The van der Waals surface area contributed by atoms with Crippen molar-refractivity contribution in [2.45, 2.75) is 38.7 Å². The smallest absolute Gasteiger partial charge is 0.225 e. The highest BCUT2D eigenvalue weighted by atomic mass is 16.5. The molecule has 1 aliphatic carbocycles. The summed E-state index contributed by atoms with van der Waals surface area (Å²) in [6.45, 7) is 3.69. The van der Waals surface area contributed by atoms with Gasteiger partial charge >= 0.3 is 0 Å². The Morgan fingerprint density at radius 3 is 2.41 bits per heavy atom. The Morgan fingerprint density at radius 2 is 1.69 bits per heavy atom. The van der Waals surface area contributed by atoms with E-state index in [4.69, 9.17) is 4.74 Å². The second kappa shape index (κ2) is 7.51. The molecule has 1 amide bonds. The van der Waals surface area contributed by atoms with Crippen LogP contribution in [0.3, 0.4) is 0 Å². The number of piperidine rings is 1. The van der Waals surface area contributed by atoms with Crippen molar-refractivity contribution in [3.05, 3.63) is 60.4 Å². The van der Waals surface area contributed by atoms with Crippen LogP contribution in [0.1, 0.15) is 31.4 Å². The summed E-state index contributed by atoms with van der Waals surface area (Å²) >= 11 is 0. The van der Waals surface area contributed by atoms with Crippen LogP contribution in [0.15, 0.2) is 54.7 Å². The third kappa shape index (κ3) is 3.84. The highest BCUT2D eigenvalue weighted by Crippen LogP contribution is 2.32. The van der Waals surface area contributed by atoms with Crippen molar-refractivity contribution in [1.82, 2.24) is 9.88 Å². The molecule has 1 aromatic heterocycles. The fourth-order valence-electron chi connectivity index (χ4n) is 4.21. The van der Waals surface area contributed by atoms with E-state index in [-0.39, 0.29) is 6.10 Å². The lowest BCUT2D eigenvalue weighted by Crippen LogP contribution is -2.42. The fourth-order valence-corrected chi connectivity index (χ4v) is 4.21. The molecule has 0 spiro atoms. The summed E-state index contributed by atoms with van der Waals surface area (Å²) in [5, 5.41) is 2.41. The molecule has 2 heterocycles. The molecule has 0 atom stereocenters. The van der Waals surface area contributed by atoms with Crippen LogP contribution in [0.25, 0.3) is 21.9 Å². The molecule has 2 fully saturated rings. The normalized spacial score (nSPS) is 17.5. The Bertz CT molecular complexity index is 1030. The van der Waals surface area contributed by atoms with E-state index in [0.29, 0.717) is 11.8 Å². The standard InChI is InChI=1S/C25H26N2O2/c1-17-24-9-6-20(16-21(24)10-13-26-17)18-4-7-22(8-5-18)29-23-11-14-27(15-12-23)25(28)19-2-3-19/h4-10,13,16,19,23H,2-3,11-12,14-15H2,1H3. The first-order valence-corrected chi connectivity index (χ1v) is 10.6. The molecule has 0 radical (unpaired) electrons. The van der Waals surface area contributed by atoms with Crippen molar-refractivity contribution in [1.29, 1.82) is 0 Å². The lowest BCUT2D eigenvalue weighted by atomic mass is 10.0. The predicted molar refractivity (Wildman–Crippen MR) is 115 cm³/mol. The van der Waals surface area contributed by atoms with E-state index >= 15 is 0 Å². The number of hydrogen-bond acceptors (Lipinski definition) is 3. The second-order valence-electron chi connectivity index (χ2n) is 8.27. The van der Waals surface area contributed by atoms with Gasteiger partial charge in [-0.25, -0.2) is 0 Å². The maximum Gasteiger partial charge on any atom is 0.225 e. The molecule has 1 aliphatic heterocycles. The molecule has 4 heteroatoms. The number of amides is 1. The van der Waals surface area contributed by atoms with Crippen molar-refractivity contribution in [3.8, 4) is 16.9 Å². The van der Waals surface area contributed by atoms with Crippen LogP contribution < -0.4 is 4.74 Å². The van der Waals surface area contributed by atoms with Crippen molar-refractivity contribution >= 4 is 16.7 Å². The number of pyridine rings is 1. The molecule has 2 aliphatic rings. The topological polar surface area (TPSA) is 42.4 Å². The predicted octanol–water partition coefficient (Wildman–Crippen LogP) is 4.99. The summed E-state index contributed by atoms with van der Waals surface area (Å²) < 4.78 is 6.19. The van der Waals surface area contributed by atoms with E-state index in [2.05, 4.69) is 53.5 Å². The van der Waals surface area contributed by atoms with Crippen molar-refractivity contribution in [2.24, 2.45) is 5.92 Å². The molecule has 0 N–H and O–H groups in total. The van der Waals surface area contributed by atoms with Gasteiger partial charge in [0.05, 0.1) is 0 Å². The number of carbonyl (C=O) groups is 1. The van der Waals surface area contributed by atoms with Gasteiger partial charge in [0.1, 0.15) is 11.9 Å². The van der Waals surface area contributed by atoms with Gasteiger partial charge in [-0.3, -0.25) is 9.78 Å². The fraction of sp³-hybridized carbons (Fsp3) is 0.360. The first-order valence-electron chi connectivity index (χ1n) is 10.6. The van der Waals surface area contributed by atoms with Crippen LogP contribution in [0.2, 0.25) is 0 Å². The minimum atomic E-state index is 0.195. The largest absolute Gasteiger partial charge is 0.490 e. The van der Waals surface area contributed by atoms with Gasteiger partial charge in [-0.2, -0.15) is 0 Å². The maximum absolute atomic E-state index is 12.2. The quantitative estimate of drug-likeness (QED) is 0.634. The molecule has 4 nitrogen and oxygen atoms in total. The second-order valence-corrected chi connectivity index (χ2v) is 8.27. The molecule has 148 valence electrons. The van der Waals surface area contributed by atoms with Gasteiger partial charge in [0.25, 0.3) is 0 Å². The summed E-state index contributed by atoms with van der Waals surface area (Å²) in [7, 11) is 0. The molecular formula is C25H26N2O2. The number of ether oxygens (including phenoxy) is 1. The van der Waals surface area contributed by atoms with E-state index in [1.165, 1.54) is 21.9 Å². The van der Waals surface area contributed by atoms with Crippen molar-refractivity contribution in [2.75, 3.05) is 13.1 Å². The number of nitrogens with zero attached hydrogens (tertiary/aromatic N) is 2. The highest BCUT2D eigenvalue weighted by molar-refractivity contribution is 5.88. The third-order valence-corrected chi connectivity index (χ3v) is 6.13. The number of fused-ring (bicyclic) bond motifs is 1. The van der Waals surface area contributed by atoms with Crippen LogP contribution in [0, 0.1) is 12.8 Å². The average Bonchev–Trinajstić information content (AvgIpc) is 3.60. The Balaban J connectivity index is 1.23. The first-order chi connectivity index (χ1) is 14.2. The van der Waals surface area contributed by atoms with E-state index in [9.17, 15) is 4.79 Å². The average molecular weight is 386 g/mol. The van der Waals surface area contributed by atoms with Gasteiger partial charge in [-0.05, 0) is 60.5 Å². The molecule has 2 aromatic carbocycles.